The molecule has 0 N–H and O–H groups in total. The first-order valence-electron chi connectivity index (χ1n) is 1.57. The molecule has 0 atom stereocenters. The third kappa shape index (κ3) is 10.9. The summed E-state index contributed by atoms with van der Waals surface area (Å²) in [5.41, 5.74) is 0. The van der Waals surface area contributed by atoms with E-state index < -0.39 is 7.94 Å². The van der Waals surface area contributed by atoms with Crippen LogP contribution in [0.5, 0.6) is 0 Å². The zero-order chi connectivity index (χ0) is 5.21. The molecule has 3 nitrogen and oxygen atoms in total. The Morgan fingerprint density at radius 1 is 1.29 bits per heavy atom. The fraction of sp³-hybridized carbons (Fsp3) is 1.00. The van der Waals surface area contributed by atoms with Crippen molar-refractivity contribution in [3.05, 3.63) is 0 Å². The van der Waals surface area contributed by atoms with Crippen molar-refractivity contribution < 1.29 is 32.0 Å². The third-order valence-electron chi connectivity index (χ3n) is 0.387. The van der Waals surface area contributed by atoms with Crippen LogP contribution >= 0.6 is 7.94 Å². The number of hydrogen-bond acceptors (Lipinski definition) is 3. The summed E-state index contributed by atoms with van der Waals surface area (Å²) in [6.45, 7) is 1.32. The molecule has 0 heterocycles. The van der Waals surface area contributed by atoms with Gasteiger partial charge in [-0.25, -0.2) is 0 Å². The van der Waals surface area contributed by atoms with Crippen molar-refractivity contribution in [3.63, 3.8) is 0 Å². The Bertz CT molecular complexity index is 42.7. The molecule has 0 radical (unpaired) electrons. The maximum atomic E-state index is 9.47. The first kappa shape index (κ1) is 10.8. The Hall–Kier alpha value is 0.842. The van der Waals surface area contributed by atoms with Crippen LogP contribution in [-0.4, -0.2) is 6.16 Å². The zero-order valence-corrected chi connectivity index (χ0v) is 5.96. The molecule has 0 spiro atoms. The van der Waals surface area contributed by atoms with Crippen LogP contribution in [0.3, 0.4) is 0 Å². The van der Waals surface area contributed by atoms with E-state index in [0.29, 0.717) is 0 Å². The quantitative estimate of drug-likeness (QED) is 0.410. The molecule has 0 saturated carbocycles. The molecular formula is C2H5CrO3P. The third-order valence-corrected chi connectivity index (χ3v) is 1.16. The van der Waals surface area contributed by atoms with Crippen LogP contribution in [0.2, 0.25) is 0 Å². The summed E-state index contributed by atoms with van der Waals surface area (Å²) in [5, 5.41) is 0. The Morgan fingerprint density at radius 3 is 1.43 bits per heavy atom. The van der Waals surface area contributed by atoms with Gasteiger partial charge in [0.2, 0.25) is 0 Å². The van der Waals surface area contributed by atoms with Gasteiger partial charge >= 0.3 is 17.4 Å². The van der Waals surface area contributed by atoms with Crippen LogP contribution < -0.4 is 14.7 Å². The van der Waals surface area contributed by atoms with E-state index in [0.717, 1.165) is 0 Å². The minimum atomic E-state index is -4.15. The maximum Gasteiger partial charge on any atom is 2.00 e. The minimum Gasteiger partial charge on any atom is -0.688 e. The molecule has 7 heavy (non-hydrogen) atoms. The summed E-state index contributed by atoms with van der Waals surface area (Å²) in [6, 6.07) is 0. The normalized spacial score (nSPS) is 10.3. The first-order chi connectivity index (χ1) is 2.56. The molecule has 0 aliphatic heterocycles. The predicted molar refractivity (Wildman–Crippen MR) is 17.5 cm³/mol. The van der Waals surface area contributed by atoms with Crippen molar-refractivity contribution in [3.8, 4) is 0 Å². The SMILES string of the molecule is CC[P+]([O-])([O-])[O-].[Cr+2]. The van der Waals surface area contributed by atoms with Crippen LogP contribution in [-0.2, 0) is 17.4 Å². The van der Waals surface area contributed by atoms with E-state index in [4.69, 9.17) is 0 Å². The summed E-state index contributed by atoms with van der Waals surface area (Å²) in [4.78, 5) is 28.4. The molecule has 0 aliphatic rings. The molecule has 42 valence electrons. The van der Waals surface area contributed by atoms with E-state index >= 15 is 0 Å². The average Bonchev–Trinajstić information content (AvgIpc) is 1.35. The molecule has 0 amide bonds. The molecule has 0 saturated heterocycles. The maximum absolute atomic E-state index is 9.47. The van der Waals surface area contributed by atoms with Gasteiger partial charge in [0.05, 0.1) is 0 Å². The molecule has 5 heteroatoms. The summed E-state index contributed by atoms with van der Waals surface area (Å²) in [7, 11) is -4.15. The van der Waals surface area contributed by atoms with Crippen LogP contribution in [0.15, 0.2) is 0 Å². The molecular weight excluding hydrogens is 155 g/mol. The van der Waals surface area contributed by atoms with E-state index in [1.165, 1.54) is 6.92 Å². The van der Waals surface area contributed by atoms with Crippen molar-refractivity contribution in [1.82, 2.24) is 0 Å². The van der Waals surface area contributed by atoms with Crippen molar-refractivity contribution in [2.75, 3.05) is 6.16 Å². The van der Waals surface area contributed by atoms with Gasteiger partial charge in [-0.1, -0.05) is 0 Å². The summed E-state index contributed by atoms with van der Waals surface area (Å²) in [5.74, 6) is 0. The Labute approximate surface area is 53.7 Å². The van der Waals surface area contributed by atoms with Crippen molar-refractivity contribution >= 4 is 7.94 Å². The monoisotopic (exact) mass is 160 g/mol. The summed E-state index contributed by atoms with van der Waals surface area (Å²) >= 11 is 0. The Morgan fingerprint density at radius 2 is 1.43 bits per heavy atom. The first-order valence-corrected chi connectivity index (χ1v) is 3.30. The minimum absolute atomic E-state index is 0. The van der Waals surface area contributed by atoms with Gasteiger partial charge in [0.1, 0.15) is 0 Å². The fourth-order valence-corrected chi connectivity index (χ4v) is 0. The van der Waals surface area contributed by atoms with Crippen molar-refractivity contribution in [1.29, 1.82) is 0 Å². The summed E-state index contributed by atoms with van der Waals surface area (Å²) in [6.07, 6.45) is -0.285. The van der Waals surface area contributed by atoms with E-state index in [9.17, 15) is 14.7 Å². The second-order valence-electron chi connectivity index (χ2n) is 0.927. The van der Waals surface area contributed by atoms with E-state index in [1.54, 1.807) is 0 Å². The predicted octanol–water partition coefficient (Wildman–Crippen LogP) is -2.15. The van der Waals surface area contributed by atoms with Gasteiger partial charge in [0.15, 0.2) is 0 Å². The van der Waals surface area contributed by atoms with E-state index in [1.807, 2.05) is 0 Å². The largest absolute Gasteiger partial charge is 2.00 e. The van der Waals surface area contributed by atoms with Crippen molar-refractivity contribution in [2.24, 2.45) is 0 Å². The molecule has 0 aliphatic carbocycles. The fourth-order valence-electron chi connectivity index (χ4n) is 0. The Balaban J connectivity index is 0. The van der Waals surface area contributed by atoms with Crippen molar-refractivity contribution in [2.45, 2.75) is 6.92 Å². The molecule has 0 aromatic heterocycles. The molecule has 0 rings (SSSR count). The zero-order valence-electron chi connectivity index (χ0n) is 3.79. The standard InChI is InChI=1S/C2H7O3P.Cr/c1-2-6(3,4)5;/h2H2,1H3,(H2,3,4,5);/q;+2/p-2. The molecule has 0 aromatic rings. The molecule has 0 unspecified atom stereocenters. The van der Waals surface area contributed by atoms with E-state index in [2.05, 4.69) is 0 Å². The molecule has 0 bridgehead atoms. The number of rotatable bonds is 1. The van der Waals surface area contributed by atoms with Crippen LogP contribution in [0.25, 0.3) is 0 Å². The van der Waals surface area contributed by atoms with Gasteiger partial charge in [-0.2, -0.15) is 7.94 Å². The topological polar surface area (TPSA) is 69.2 Å². The van der Waals surface area contributed by atoms with Crippen LogP contribution in [0.1, 0.15) is 6.92 Å². The van der Waals surface area contributed by atoms with Gasteiger partial charge in [-0.05, 0) is 6.92 Å². The van der Waals surface area contributed by atoms with Gasteiger partial charge in [0.25, 0.3) is 0 Å². The molecule has 0 fully saturated rings. The van der Waals surface area contributed by atoms with Crippen LogP contribution in [0, 0.1) is 0 Å². The second-order valence-corrected chi connectivity index (χ2v) is 2.78. The van der Waals surface area contributed by atoms with Gasteiger partial charge in [-0.3, -0.25) is 0 Å². The van der Waals surface area contributed by atoms with Crippen LogP contribution in [0.4, 0.5) is 0 Å². The van der Waals surface area contributed by atoms with Gasteiger partial charge in [0, 0.05) is 6.16 Å². The summed E-state index contributed by atoms with van der Waals surface area (Å²) < 4.78 is 0. The van der Waals surface area contributed by atoms with Gasteiger partial charge in [-0.15, -0.1) is 0 Å². The Kier molecular flexibility index (Phi) is 5.84. The molecule has 0 aromatic carbocycles. The second kappa shape index (κ2) is 3.80. The number of hydrogen-bond donors (Lipinski definition) is 0. The van der Waals surface area contributed by atoms with Gasteiger partial charge < -0.3 is 14.7 Å². The smallest absolute Gasteiger partial charge is 0.688 e. The van der Waals surface area contributed by atoms with E-state index in [-0.39, 0.29) is 23.5 Å². The average molecular weight is 160 g/mol.